The Kier molecular flexibility index (Phi) is 2.24. The van der Waals surface area contributed by atoms with Gasteiger partial charge in [-0.25, -0.2) is 9.97 Å². The summed E-state index contributed by atoms with van der Waals surface area (Å²) in [6.07, 6.45) is 5.69. The first-order valence-electron chi connectivity index (χ1n) is 5.71. The molecule has 2 N–H and O–H groups in total. The van der Waals surface area contributed by atoms with E-state index in [4.69, 9.17) is 5.73 Å². The van der Waals surface area contributed by atoms with Crippen LogP contribution in [-0.4, -0.2) is 21.1 Å². The van der Waals surface area contributed by atoms with Crippen LogP contribution in [-0.2, 0) is 13.1 Å². The molecule has 0 amide bonds. The summed E-state index contributed by atoms with van der Waals surface area (Å²) < 4.78 is 2.17. The third-order valence-corrected chi connectivity index (χ3v) is 3.20. The van der Waals surface area contributed by atoms with Crippen LogP contribution in [0.3, 0.4) is 0 Å². The normalized spacial score (nSPS) is 14.8. The molecule has 0 saturated heterocycles. The summed E-state index contributed by atoms with van der Waals surface area (Å²) in [7, 11) is 0. The summed E-state index contributed by atoms with van der Waals surface area (Å²) in [5.41, 5.74) is 7.73. The molecule has 0 spiro atoms. The van der Waals surface area contributed by atoms with E-state index in [2.05, 4.69) is 19.4 Å². The summed E-state index contributed by atoms with van der Waals surface area (Å²) in [4.78, 5) is 11.0. The van der Waals surface area contributed by atoms with Crippen molar-refractivity contribution in [3.05, 3.63) is 36.0 Å². The van der Waals surface area contributed by atoms with Crippen LogP contribution >= 0.6 is 0 Å². The summed E-state index contributed by atoms with van der Waals surface area (Å²) in [5.74, 6) is 2.01. The second-order valence-corrected chi connectivity index (χ2v) is 4.36. The largest absolute Gasteiger partial charge is 0.398 e. The molecule has 1 aliphatic rings. The van der Waals surface area contributed by atoms with Crippen LogP contribution in [0.15, 0.2) is 24.7 Å². The van der Waals surface area contributed by atoms with E-state index in [1.165, 1.54) is 0 Å². The fourth-order valence-electron chi connectivity index (χ4n) is 2.07. The molecule has 0 aliphatic carbocycles. The zero-order valence-corrected chi connectivity index (χ0v) is 9.80. The van der Waals surface area contributed by atoms with Crippen LogP contribution in [0.25, 0.3) is 0 Å². The van der Waals surface area contributed by atoms with Gasteiger partial charge in [0.15, 0.2) is 0 Å². The predicted molar refractivity (Wildman–Crippen MR) is 66.7 cm³/mol. The number of nitrogens with two attached hydrogens (primary N) is 1. The van der Waals surface area contributed by atoms with Crippen LogP contribution in [0.5, 0.6) is 0 Å². The lowest BCUT2D eigenvalue weighted by Gasteiger charge is -2.28. The lowest BCUT2D eigenvalue weighted by molar-refractivity contribution is 0.556. The van der Waals surface area contributed by atoms with Gasteiger partial charge in [0.25, 0.3) is 0 Å². The molecule has 2 aromatic heterocycles. The molecule has 0 atom stereocenters. The molecule has 1 aliphatic heterocycles. The van der Waals surface area contributed by atoms with E-state index in [-0.39, 0.29) is 0 Å². The van der Waals surface area contributed by atoms with Gasteiger partial charge in [-0.2, -0.15) is 0 Å². The van der Waals surface area contributed by atoms with Crippen molar-refractivity contribution in [2.45, 2.75) is 20.0 Å². The van der Waals surface area contributed by atoms with E-state index in [1.807, 2.05) is 31.6 Å². The first-order chi connectivity index (χ1) is 8.24. The Morgan fingerprint density at radius 1 is 1.29 bits per heavy atom. The van der Waals surface area contributed by atoms with E-state index in [0.29, 0.717) is 0 Å². The molecular formula is C12H15N5. The minimum absolute atomic E-state index is 0.794. The predicted octanol–water partition coefficient (Wildman–Crippen LogP) is 1.19. The Morgan fingerprint density at radius 3 is 3.00 bits per heavy atom. The number of pyridine rings is 1. The van der Waals surface area contributed by atoms with Crippen molar-refractivity contribution in [3.63, 3.8) is 0 Å². The maximum Gasteiger partial charge on any atom is 0.131 e. The Hall–Kier alpha value is -2.04. The van der Waals surface area contributed by atoms with Crippen molar-refractivity contribution in [2.75, 3.05) is 17.2 Å². The van der Waals surface area contributed by atoms with Crippen molar-refractivity contribution >= 4 is 11.5 Å². The molecule has 2 aromatic rings. The highest BCUT2D eigenvalue weighted by Gasteiger charge is 2.17. The molecular weight excluding hydrogens is 214 g/mol. The molecule has 3 rings (SSSR count). The number of nitrogens with zero attached hydrogens (tertiary/aromatic N) is 4. The highest BCUT2D eigenvalue weighted by atomic mass is 15.3. The minimum Gasteiger partial charge on any atom is -0.398 e. The van der Waals surface area contributed by atoms with Crippen LogP contribution in [0.4, 0.5) is 11.5 Å². The fraction of sp³-hybridized carbons (Fsp3) is 0.333. The van der Waals surface area contributed by atoms with Gasteiger partial charge < -0.3 is 15.2 Å². The zero-order chi connectivity index (χ0) is 11.8. The van der Waals surface area contributed by atoms with Crippen LogP contribution in [0.1, 0.15) is 11.4 Å². The second-order valence-electron chi connectivity index (χ2n) is 4.36. The molecule has 0 unspecified atom stereocenters. The average molecular weight is 229 g/mol. The Balaban J connectivity index is 1.89. The zero-order valence-electron chi connectivity index (χ0n) is 9.80. The van der Waals surface area contributed by atoms with Gasteiger partial charge in [-0.1, -0.05) is 0 Å². The number of nitrogen functional groups attached to an aromatic ring is 1. The molecule has 3 heterocycles. The van der Waals surface area contributed by atoms with Crippen LogP contribution in [0.2, 0.25) is 0 Å². The van der Waals surface area contributed by atoms with Crippen molar-refractivity contribution in [1.82, 2.24) is 14.5 Å². The topological polar surface area (TPSA) is 60.0 Å². The molecule has 88 valence electrons. The second kappa shape index (κ2) is 3.76. The third-order valence-electron chi connectivity index (χ3n) is 3.20. The first kappa shape index (κ1) is 10.1. The molecule has 0 saturated carbocycles. The Morgan fingerprint density at radius 2 is 2.18 bits per heavy atom. The summed E-state index contributed by atoms with van der Waals surface area (Å²) in [6, 6.07) is 1.94. The monoisotopic (exact) mass is 229 g/mol. The Bertz CT molecular complexity index is 546. The Labute approximate surface area is 99.9 Å². The standard InChI is InChI=1S/C12H15N5/c1-9-7-15-11(6-10(9)13)17-5-4-16-3-2-14-12(16)8-17/h2-3,6-7H,4-5,8H2,1H3,(H2,13,15). The molecule has 0 aromatic carbocycles. The SMILES string of the molecule is Cc1cnc(N2CCn3ccnc3C2)cc1N. The molecule has 0 fully saturated rings. The fourth-order valence-corrected chi connectivity index (χ4v) is 2.07. The molecule has 17 heavy (non-hydrogen) atoms. The van der Waals surface area contributed by atoms with Crippen molar-refractivity contribution in [1.29, 1.82) is 0 Å². The van der Waals surface area contributed by atoms with Gasteiger partial charge >= 0.3 is 0 Å². The quantitative estimate of drug-likeness (QED) is 0.798. The van der Waals surface area contributed by atoms with Crippen LogP contribution in [0, 0.1) is 6.92 Å². The highest BCUT2D eigenvalue weighted by Crippen LogP contribution is 2.21. The number of anilines is 2. The summed E-state index contributed by atoms with van der Waals surface area (Å²) in [5, 5.41) is 0. The molecule has 0 bridgehead atoms. The first-order valence-corrected chi connectivity index (χ1v) is 5.71. The average Bonchev–Trinajstić information content (AvgIpc) is 2.79. The van der Waals surface area contributed by atoms with E-state index >= 15 is 0 Å². The van der Waals surface area contributed by atoms with Crippen molar-refractivity contribution < 1.29 is 0 Å². The lowest BCUT2D eigenvalue weighted by Crippen LogP contribution is -2.34. The number of aryl methyl sites for hydroxylation is 1. The number of hydrogen-bond acceptors (Lipinski definition) is 4. The number of hydrogen-bond donors (Lipinski definition) is 1. The molecule has 0 radical (unpaired) electrons. The van der Waals surface area contributed by atoms with Gasteiger partial charge in [-0.05, 0) is 12.5 Å². The van der Waals surface area contributed by atoms with E-state index in [9.17, 15) is 0 Å². The van der Waals surface area contributed by atoms with E-state index < -0.39 is 0 Å². The lowest BCUT2D eigenvalue weighted by atomic mass is 10.2. The number of imidazole rings is 1. The number of fused-ring (bicyclic) bond motifs is 1. The van der Waals surface area contributed by atoms with E-state index in [0.717, 1.165) is 42.5 Å². The highest BCUT2D eigenvalue weighted by molar-refractivity contribution is 5.54. The minimum atomic E-state index is 0.794. The van der Waals surface area contributed by atoms with Gasteiger partial charge in [-0.15, -0.1) is 0 Å². The number of rotatable bonds is 1. The van der Waals surface area contributed by atoms with Gasteiger partial charge in [0.1, 0.15) is 11.6 Å². The summed E-state index contributed by atoms with van der Waals surface area (Å²) in [6.45, 7) is 4.65. The van der Waals surface area contributed by atoms with Gasteiger partial charge in [0.2, 0.25) is 0 Å². The van der Waals surface area contributed by atoms with Gasteiger partial charge in [0.05, 0.1) is 6.54 Å². The van der Waals surface area contributed by atoms with Crippen LogP contribution < -0.4 is 10.6 Å². The van der Waals surface area contributed by atoms with Gasteiger partial charge in [-0.3, -0.25) is 0 Å². The maximum atomic E-state index is 5.91. The maximum absolute atomic E-state index is 5.91. The molecule has 5 heteroatoms. The smallest absolute Gasteiger partial charge is 0.131 e. The van der Waals surface area contributed by atoms with Crippen molar-refractivity contribution in [2.24, 2.45) is 0 Å². The van der Waals surface area contributed by atoms with Gasteiger partial charge in [0, 0.05) is 43.4 Å². The number of aromatic nitrogens is 3. The summed E-state index contributed by atoms with van der Waals surface area (Å²) >= 11 is 0. The third kappa shape index (κ3) is 1.73. The molecule has 5 nitrogen and oxygen atoms in total. The van der Waals surface area contributed by atoms with E-state index in [1.54, 1.807) is 0 Å². The van der Waals surface area contributed by atoms with Crippen molar-refractivity contribution in [3.8, 4) is 0 Å².